The fourth-order valence-electron chi connectivity index (χ4n) is 3.67. The first kappa shape index (κ1) is 19.9. The first-order valence-electron chi connectivity index (χ1n) is 10.4. The van der Waals surface area contributed by atoms with Crippen LogP contribution in [0.1, 0.15) is 42.8 Å². The van der Waals surface area contributed by atoms with Gasteiger partial charge in [0.25, 0.3) is 5.91 Å². The summed E-state index contributed by atoms with van der Waals surface area (Å²) in [6, 6.07) is 15.6. The summed E-state index contributed by atoms with van der Waals surface area (Å²) in [5, 5.41) is 5.29. The molecule has 4 rings (SSSR count). The maximum atomic E-state index is 13.5. The van der Waals surface area contributed by atoms with E-state index < -0.39 is 0 Å². The molecule has 0 fully saturated rings. The topological polar surface area (TPSA) is 64.2 Å². The van der Waals surface area contributed by atoms with Crippen LogP contribution in [0, 0.1) is 0 Å². The molecule has 0 atom stereocenters. The third kappa shape index (κ3) is 3.99. The van der Waals surface area contributed by atoms with Gasteiger partial charge in [-0.2, -0.15) is 5.10 Å². The second kappa shape index (κ2) is 8.95. The van der Waals surface area contributed by atoms with Crippen LogP contribution in [0.5, 0.6) is 0 Å². The molecule has 0 aliphatic heterocycles. The number of nitrogens with zero attached hydrogens (tertiary/aromatic N) is 4. The molecule has 0 saturated heterocycles. The minimum absolute atomic E-state index is 0.0285. The summed E-state index contributed by atoms with van der Waals surface area (Å²) in [7, 11) is 0. The maximum absolute atomic E-state index is 13.5. The van der Waals surface area contributed by atoms with E-state index in [0.717, 1.165) is 48.3 Å². The Morgan fingerprint density at radius 2 is 1.83 bits per heavy atom. The SMILES string of the molecule is CCCN(CCC)C(=O)c1cc(-c2ccccc2)nc2c1cnn2Cc1ccco1. The summed E-state index contributed by atoms with van der Waals surface area (Å²) in [4.78, 5) is 20.3. The number of amides is 1. The van der Waals surface area contributed by atoms with E-state index in [2.05, 4.69) is 18.9 Å². The molecule has 6 nitrogen and oxygen atoms in total. The van der Waals surface area contributed by atoms with Crippen LogP contribution in [0.25, 0.3) is 22.3 Å². The Bertz CT molecular complexity index is 1110. The van der Waals surface area contributed by atoms with Gasteiger partial charge in [-0.25, -0.2) is 9.67 Å². The van der Waals surface area contributed by atoms with Crippen molar-refractivity contribution in [1.82, 2.24) is 19.7 Å². The van der Waals surface area contributed by atoms with Crippen LogP contribution in [0.3, 0.4) is 0 Å². The van der Waals surface area contributed by atoms with E-state index in [1.807, 2.05) is 53.4 Å². The number of hydrogen-bond acceptors (Lipinski definition) is 4. The van der Waals surface area contributed by atoms with Gasteiger partial charge in [-0.05, 0) is 31.0 Å². The van der Waals surface area contributed by atoms with Gasteiger partial charge < -0.3 is 9.32 Å². The van der Waals surface area contributed by atoms with E-state index in [1.54, 1.807) is 17.1 Å². The molecule has 30 heavy (non-hydrogen) atoms. The lowest BCUT2D eigenvalue weighted by Gasteiger charge is -2.22. The van der Waals surface area contributed by atoms with E-state index in [1.165, 1.54) is 0 Å². The molecule has 4 aromatic rings. The maximum Gasteiger partial charge on any atom is 0.254 e. The second-order valence-corrected chi connectivity index (χ2v) is 7.33. The lowest BCUT2D eigenvalue weighted by atomic mass is 10.1. The Labute approximate surface area is 176 Å². The molecule has 1 amide bonds. The van der Waals surface area contributed by atoms with Crippen molar-refractivity contribution in [2.45, 2.75) is 33.2 Å². The van der Waals surface area contributed by atoms with Crippen molar-refractivity contribution >= 4 is 16.9 Å². The molecule has 0 bridgehead atoms. The lowest BCUT2D eigenvalue weighted by molar-refractivity contribution is 0.0757. The standard InChI is InChI=1S/C24H26N4O2/c1-3-12-27(13-4-2)24(29)20-15-22(18-9-6-5-7-10-18)26-23-21(20)16-25-28(23)17-19-11-8-14-30-19/h5-11,14-16H,3-4,12-13,17H2,1-2H3. The number of aromatic nitrogens is 3. The Morgan fingerprint density at radius 1 is 1.07 bits per heavy atom. The molecule has 0 unspecified atom stereocenters. The fourth-order valence-corrected chi connectivity index (χ4v) is 3.67. The number of rotatable bonds is 8. The first-order chi connectivity index (χ1) is 14.7. The van der Waals surface area contributed by atoms with Gasteiger partial charge in [0.2, 0.25) is 0 Å². The Balaban J connectivity index is 1.85. The van der Waals surface area contributed by atoms with Gasteiger partial charge in [0.1, 0.15) is 12.3 Å². The van der Waals surface area contributed by atoms with Crippen molar-refractivity contribution in [1.29, 1.82) is 0 Å². The third-order valence-electron chi connectivity index (χ3n) is 5.07. The molecule has 0 aliphatic rings. The van der Waals surface area contributed by atoms with Crippen LogP contribution in [0.2, 0.25) is 0 Å². The Morgan fingerprint density at radius 3 is 2.50 bits per heavy atom. The summed E-state index contributed by atoms with van der Waals surface area (Å²) in [6.07, 6.45) is 5.22. The monoisotopic (exact) mass is 402 g/mol. The molecule has 0 spiro atoms. The van der Waals surface area contributed by atoms with Crippen LogP contribution >= 0.6 is 0 Å². The smallest absolute Gasteiger partial charge is 0.254 e. The molecule has 3 heterocycles. The van der Waals surface area contributed by atoms with Crippen molar-refractivity contribution < 1.29 is 9.21 Å². The third-order valence-corrected chi connectivity index (χ3v) is 5.07. The van der Waals surface area contributed by atoms with Crippen LogP contribution in [0.15, 0.2) is 65.4 Å². The molecule has 3 aromatic heterocycles. The van der Waals surface area contributed by atoms with Crippen molar-refractivity contribution in [3.8, 4) is 11.3 Å². The van der Waals surface area contributed by atoms with Crippen molar-refractivity contribution in [2.24, 2.45) is 0 Å². The first-order valence-corrected chi connectivity index (χ1v) is 10.4. The van der Waals surface area contributed by atoms with Crippen LogP contribution in [-0.2, 0) is 6.54 Å². The number of carbonyl (C=O) groups is 1. The normalized spacial score (nSPS) is 11.1. The Hall–Kier alpha value is -3.41. The van der Waals surface area contributed by atoms with Gasteiger partial charge in [-0.3, -0.25) is 4.79 Å². The van der Waals surface area contributed by atoms with Gasteiger partial charge in [0.15, 0.2) is 5.65 Å². The molecule has 0 aliphatic carbocycles. The molecule has 0 radical (unpaired) electrons. The number of hydrogen-bond donors (Lipinski definition) is 0. The van der Waals surface area contributed by atoms with Crippen LogP contribution in [-0.4, -0.2) is 38.7 Å². The zero-order chi connectivity index (χ0) is 20.9. The number of pyridine rings is 1. The zero-order valence-electron chi connectivity index (χ0n) is 17.4. The molecule has 154 valence electrons. The van der Waals surface area contributed by atoms with Gasteiger partial charge in [-0.1, -0.05) is 44.2 Å². The molecule has 0 saturated carbocycles. The van der Waals surface area contributed by atoms with E-state index in [-0.39, 0.29) is 5.91 Å². The number of fused-ring (bicyclic) bond motifs is 1. The van der Waals surface area contributed by atoms with E-state index in [4.69, 9.17) is 9.40 Å². The highest BCUT2D eigenvalue weighted by molar-refractivity contribution is 6.06. The number of carbonyl (C=O) groups excluding carboxylic acids is 1. The highest BCUT2D eigenvalue weighted by Crippen LogP contribution is 2.26. The lowest BCUT2D eigenvalue weighted by Crippen LogP contribution is -2.32. The largest absolute Gasteiger partial charge is 0.467 e. The summed E-state index contributed by atoms with van der Waals surface area (Å²) < 4.78 is 7.28. The minimum atomic E-state index is 0.0285. The van der Waals surface area contributed by atoms with Crippen LogP contribution < -0.4 is 0 Å². The summed E-state index contributed by atoms with van der Waals surface area (Å²) >= 11 is 0. The number of benzene rings is 1. The van der Waals surface area contributed by atoms with Gasteiger partial charge >= 0.3 is 0 Å². The van der Waals surface area contributed by atoms with E-state index >= 15 is 0 Å². The summed E-state index contributed by atoms with van der Waals surface area (Å²) in [5.74, 6) is 0.819. The van der Waals surface area contributed by atoms with Crippen molar-refractivity contribution in [3.63, 3.8) is 0 Å². The quantitative estimate of drug-likeness (QED) is 0.416. The van der Waals surface area contributed by atoms with Crippen molar-refractivity contribution in [2.75, 3.05) is 13.1 Å². The van der Waals surface area contributed by atoms with Crippen LogP contribution in [0.4, 0.5) is 0 Å². The molecular formula is C24H26N4O2. The average molecular weight is 402 g/mol. The highest BCUT2D eigenvalue weighted by atomic mass is 16.3. The van der Waals surface area contributed by atoms with Gasteiger partial charge in [0, 0.05) is 18.7 Å². The molecule has 1 aromatic carbocycles. The predicted octanol–water partition coefficient (Wildman–Crippen LogP) is 5.00. The number of furan rings is 1. The van der Waals surface area contributed by atoms with E-state index in [9.17, 15) is 4.79 Å². The van der Waals surface area contributed by atoms with Gasteiger partial charge in [-0.15, -0.1) is 0 Å². The Kier molecular flexibility index (Phi) is 5.93. The summed E-state index contributed by atoms with van der Waals surface area (Å²) in [6.45, 7) is 6.11. The summed E-state index contributed by atoms with van der Waals surface area (Å²) in [5.41, 5.74) is 3.06. The fraction of sp³-hybridized carbons (Fsp3) is 0.292. The minimum Gasteiger partial charge on any atom is -0.467 e. The average Bonchev–Trinajstić information content (AvgIpc) is 3.44. The highest BCUT2D eigenvalue weighted by Gasteiger charge is 2.21. The molecular weight excluding hydrogens is 376 g/mol. The van der Waals surface area contributed by atoms with E-state index in [0.29, 0.717) is 17.8 Å². The molecule has 6 heteroatoms. The second-order valence-electron chi connectivity index (χ2n) is 7.33. The van der Waals surface area contributed by atoms with Gasteiger partial charge in [0.05, 0.1) is 29.1 Å². The predicted molar refractivity (Wildman–Crippen MR) is 117 cm³/mol. The molecule has 0 N–H and O–H groups in total. The van der Waals surface area contributed by atoms with Crippen molar-refractivity contribution in [3.05, 3.63) is 72.3 Å². The zero-order valence-corrected chi connectivity index (χ0v) is 17.4.